The van der Waals surface area contributed by atoms with Crippen LogP contribution in [-0.4, -0.2) is 5.11 Å². The summed E-state index contributed by atoms with van der Waals surface area (Å²) in [6, 6.07) is 8.05. The summed E-state index contributed by atoms with van der Waals surface area (Å²) >= 11 is 0. The molecule has 1 N–H and O–H groups in total. The van der Waals surface area contributed by atoms with Crippen LogP contribution in [0.25, 0.3) is 0 Å². The Labute approximate surface area is 120 Å². The minimum absolute atomic E-state index is 0.345. The van der Waals surface area contributed by atoms with Crippen LogP contribution in [0, 0.1) is 35.5 Å². The van der Waals surface area contributed by atoms with E-state index in [9.17, 15) is 5.11 Å². The number of hydrogen-bond acceptors (Lipinski definition) is 1. The van der Waals surface area contributed by atoms with Gasteiger partial charge in [0.2, 0.25) is 0 Å². The van der Waals surface area contributed by atoms with Crippen LogP contribution in [0.5, 0.6) is 5.75 Å². The molecule has 5 rings (SSSR count). The Morgan fingerprint density at radius 1 is 1.00 bits per heavy atom. The quantitative estimate of drug-likeness (QED) is 0.598. The maximum absolute atomic E-state index is 9.54. The lowest BCUT2D eigenvalue weighted by Crippen LogP contribution is -2.40. The monoisotopic (exact) mass is 266 g/mol. The van der Waals surface area contributed by atoms with Crippen molar-refractivity contribution in [3.05, 3.63) is 42.0 Å². The number of rotatable bonds is 1. The number of hydrogen-bond donors (Lipinski definition) is 1. The van der Waals surface area contributed by atoms with Crippen LogP contribution in [0.3, 0.4) is 0 Å². The zero-order valence-electron chi connectivity index (χ0n) is 12.0. The maximum Gasteiger partial charge on any atom is 0.115 e. The zero-order valence-corrected chi connectivity index (χ0v) is 12.0. The summed E-state index contributed by atoms with van der Waals surface area (Å²) in [4.78, 5) is 0. The fraction of sp³-hybridized carbons (Fsp3) is 0.579. The molecule has 1 nitrogen and oxygen atoms in total. The number of fused-ring (bicyclic) bond motifs is 9. The van der Waals surface area contributed by atoms with Gasteiger partial charge in [0.05, 0.1) is 0 Å². The lowest BCUT2D eigenvalue weighted by atomic mass is 9.60. The molecule has 0 aliphatic heterocycles. The van der Waals surface area contributed by atoms with Crippen LogP contribution in [0.15, 0.2) is 36.4 Å². The van der Waals surface area contributed by atoms with Crippen molar-refractivity contribution >= 4 is 0 Å². The van der Waals surface area contributed by atoms with E-state index in [-0.39, 0.29) is 0 Å². The van der Waals surface area contributed by atoms with Gasteiger partial charge in [-0.15, -0.1) is 0 Å². The lowest BCUT2D eigenvalue weighted by Gasteiger charge is -2.44. The van der Waals surface area contributed by atoms with Crippen molar-refractivity contribution in [3.63, 3.8) is 0 Å². The van der Waals surface area contributed by atoms with Gasteiger partial charge in [0.25, 0.3) is 0 Å². The van der Waals surface area contributed by atoms with Gasteiger partial charge in [-0.2, -0.15) is 0 Å². The number of aromatic hydroxyl groups is 1. The molecule has 0 saturated heterocycles. The number of allylic oxidation sites excluding steroid dienone is 2. The third-order valence-corrected chi connectivity index (χ3v) is 7.18. The predicted octanol–water partition coefficient (Wildman–Crippen LogP) is 4.13. The van der Waals surface area contributed by atoms with E-state index >= 15 is 0 Å². The highest BCUT2D eigenvalue weighted by Gasteiger charge is 2.64. The first-order chi connectivity index (χ1) is 9.67. The second-order valence-corrected chi connectivity index (χ2v) is 7.87. The molecule has 1 aromatic rings. The second-order valence-electron chi connectivity index (χ2n) is 7.87. The van der Waals surface area contributed by atoms with Crippen LogP contribution in [0.1, 0.15) is 31.7 Å². The smallest absolute Gasteiger partial charge is 0.115 e. The Balaban J connectivity index is 1.56. The first kappa shape index (κ1) is 11.4. The molecule has 4 bridgehead atoms. The molecule has 0 amide bonds. The Hall–Kier alpha value is -1.24. The molecule has 20 heavy (non-hydrogen) atoms. The van der Waals surface area contributed by atoms with Gasteiger partial charge in [-0.3, -0.25) is 0 Å². The summed E-state index contributed by atoms with van der Waals surface area (Å²) in [7, 11) is 0. The van der Waals surface area contributed by atoms with Gasteiger partial charge in [0.15, 0.2) is 0 Å². The van der Waals surface area contributed by atoms with E-state index in [4.69, 9.17) is 0 Å². The highest BCUT2D eigenvalue weighted by Crippen LogP contribution is 2.70. The first-order valence-electron chi connectivity index (χ1n) is 8.15. The van der Waals surface area contributed by atoms with Gasteiger partial charge in [0, 0.05) is 0 Å². The summed E-state index contributed by atoms with van der Waals surface area (Å²) in [5.74, 6) is 5.93. The summed E-state index contributed by atoms with van der Waals surface area (Å²) in [6.45, 7) is 2.48. The molecule has 0 aromatic heterocycles. The standard InChI is InChI=1S/C19H22O/c1-19(14-4-6-15(20)7-5-14)10-13-9-16(19)18-12-3-2-11(8-12)17(13)18/h2-7,11-13,16-18,20H,8-10H2,1H3. The van der Waals surface area contributed by atoms with Gasteiger partial charge in [-0.25, -0.2) is 0 Å². The van der Waals surface area contributed by atoms with E-state index in [0.717, 1.165) is 35.5 Å². The molecule has 1 heteroatoms. The van der Waals surface area contributed by atoms with E-state index in [1.807, 2.05) is 12.1 Å². The fourth-order valence-corrected chi connectivity index (χ4v) is 6.54. The van der Waals surface area contributed by atoms with Gasteiger partial charge >= 0.3 is 0 Å². The van der Waals surface area contributed by atoms with E-state index in [1.165, 1.54) is 24.8 Å². The van der Waals surface area contributed by atoms with Gasteiger partial charge in [-0.05, 0) is 77.9 Å². The van der Waals surface area contributed by atoms with E-state index < -0.39 is 0 Å². The molecule has 7 atom stereocenters. The zero-order chi connectivity index (χ0) is 13.5. The topological polar surface area (TPSA) is 20.2 Å². The van der Waals surface area contributed by atoms with Crippen LogP contribution in [-0.2, 0) is 5.41 Å². The minimum Gasteiger partial charge on any atom is -0.508 e. The summed E-state index contributed by atoms with van der Waals surface area (Å²) in [5, 5.41) is 9.54. The molecule has 4 aliphatic carbocycles. The van der Waals surface area contributed by atoms with Crippen LogP contribution in [0.4, 0.5) is 0 Å². The van der Waals surface area contributed by atoms with Gasteiger partial charge in [-0.1, -0.05) is 31.2 Å². The maximum atomic E-state index is 9.54. The Bertz CT molecular complexity index is 586. The molecular weight excluding hydrogens is 244 g/mol. The molecule has 3 fully saturated rings. The lowest BCUT2D eigenvalue weighted by molar-refractivity contribution is 0.131. The predicted molar refractivity (Wildman–Crippen MR) is 79.4 cm³/mol. The van der Waals surface area contributed by atoms with Crippen molar-refractivity contribution in [1.82, 2.24) is 0 Å². The van der Waals surface area contributed by atoms with Gasteiger partial charge in [0.1, 0.15) is 5.75 Å². The first-order valence-corrected chi connectivity index (χ1v) is 8.15. The number of phenolic OH excluding ortho intramolecular Hbond substituents is 1. The fourth-order valence-electron chi connectivity index (χ4n) is 6.54. The molecule has 1 aromatic carbocycles. The van der Waals surface area contributed by atoms with Crippen molar-refractivity contribution in [2.75, 3.05) is 0 Å². The molecule has 3 saturated carbocycles. The molecular formula is C19H22O. The Morgan fingerprint density at radius 3 is 2.45 bits per heavy atom. The van der Waals surface area contributed by atoms with Gasteiger partial charge < -0.3 is 5.11 Å². The normalized spacial score (nSPS) is 50.9. The summed E-state index contributed by atoms with van der Waals surface area (Å²) in [5.41, 5.74) is 1.80. The highest BCUT2D eigenvalue weighted by molar-refractivity contribution is 5.36. The number of benzene rings is 1. The second kappa shape index (κ2) is 3.50. The SMILES string of the molecule is CC1(c2ccc(O)cc2)CC2CC1C1C3C=CC(C3)C21. The molecule has 7 unspecified atom stereocenters. The van der Waals surface area contributed by atoms with Crippen molar-refractivity contribution in [1.29, 1.82) is 0 Å². The number of phenols is 1. The van der Waals surface area contributed by atoms with Crippen molar-refractivity contribution in [2.24, 2.45) is 35.5 Å². The largest absolute Gasteiger partial charge is 0.508 e. The van der Waals surface area contributed by atoms with E-state index in [2.05, 4.69) is 31.2 Å². The Morgan fingerprint density at radius 2 is 1.70 bits per heavy atom. The van der Waals surface area contributed by atoms with Crippen molar-refractivity contribution in [2.45, 2.75) is 31.6 Å². The summed E-state index contributed by atoms with van der Waals surface area (Å²) < 4.78 is 0. The highest BCUT2D eigenvalue weighted by atomic mass is 16.3. The molecule has 4 aliphatic rings. The molecule has 0 radical (unpaired) electrons. The Kier molecular flexibility index (Phi) is 2.00. The average Bonchev–Trinajstić information content (AvgIpc) is 3.16. The van der Waals surface area contributed by atoms with Crippen molar-refractivity contribution in [3.8, 4) is 5.75 Å². The third-order valence-electron chi connectivity index (χ3n) is 7.18. The van der Waals surface area contributed by atoms with E-state index in [1.54, 1.807) is 0 Å². The van der Waals surface area contributed by atoms with Crippen LogP contribution in [0.2, 0.25) is 0 Å². The third kappa shape index (κ3) is 1.21. The summed E-state index contributed by atoms with van der Waals surface area (Å²) in [6.07, 6.45) is 9.28. The average molecular weight is 266 g/mol. The minimum atomic E-state index is 0.345. The van der Waals surface area contributed by atoms with E-state index in [0.29, 0.717) is 11.2 Å². The molecule has 0 heterocycles. The van der Waals surface area contributed by atoms with Crippen LogP contribution >= 0.6 is 0 Å². The van der Waals surface area contributed by atoms with Crippen molar-refractivity contribution < 1.29 is 5.11 Å². The van der Waals surface area contributed by atoms with Crippen LogP contribution < -0.4 is 0 Å². The molecule has 0 spiro atoms. The molecule has 104 valence electrons.